The number of rotatable bonds is 6. The van der Waals surface area contributed by atoms with Crippen LogP contribution in [-0.4, -0.2) is 20.1 Å². The van der Waals surface area contributed by atoms with Gasteiger partial charge in [-0.1, -0.05) is 36.4 Å². The first-order chi connectivity index (χ1) is 10.7. The van der Waals surface area contributed by atoms with E-state index in [2.05, 4.69) is 5.32 Å². The van der Waals surface area contributed by atoms with Gasteiger partial charge in [-0.25, -0.2) is 0 Å². The average molecular weight is 300 g/mol. The first-order valence-corrected chi connectivity index (χ1v) is 6.95. The highest BCUT2D eigenvalue weighted by Gasteiger charge is 2.15. The zero-order valence-corrected chi connectivity index (χ0v) is 12.7. The van der Waals surface area contributed by atoms with E-state index in [1.54, 1.807) is 20.3 Å². The number of amides is 1. The van der Waals surface area contributed by atoms with E-state index in [0.29, 0.717) is 18.0 Å². The van der Waals surface area contributed by atoms with Gasteiger partial charge in [0.2, 0.25) is 5.91 Å². The lowest BCUT2D eigenvalue weighted by Gasteiger charge is -2.13. The van der Waals surface area contributed by atoms with Crippen LogP contribution in [0.1, 0.15) is 17.2 Å². The van der Waals surface area contributed by atoms with Gasteiger partial charge < -0.3 is 20.5 Å². The maximum atomic E-state index is 12.1. The molecule has 0 saturated carbocycles. The van der Waals surface area contributed by atoms with Crippen LogP contribution < -0.4 is 20.5 Å². The largest absolute Gasteiger partial charge is 0.493 e. The number of carbonyl (C=O) groups excluding carboxylic acids is 1. The van der Waals surface area contributed by atoms with Gasteiger partial charge in [-0.05, 0) is 23.3 Å². The summed E-state index contributed by atoms with van der Waals surface area (Å²) in [6, 6.07) is 14.1. The molecule has 1 atom stereocenters. The molecule has 0 bridgehead atoms. The van der Waals surface area contributed by atoms with Gasteiger partial charge >= 0.3 is 0 Å². The molecule has 0 aliphatic heterocycles. The van der Waals surface area contributed by atoms with Crippen LogP contribution in [0.2, 0.25) is 0 Å². The van der Waals surface area contributed by atoms with Gasteiger partial charge in [0.25, 0.3) is 0 Å². The molecular weight excluding hydrogens is 280 g/mol. The van der Waals surface area contributed by atoms with Crippen molar-refractivity contribution in [1.29, 1.82) is 0 Å². The van der Waals surface area contributed by atoms with E-state index in [9.17, 15) is 4.79 Å². The monoisotopic (exact) mass is 300 g/mol. The Balaban J connectivity index is 1.99. The highest BCUT2D eigenvalue weighted by Crippen LogP contribution is 2.27. The van der Waals surface area contributed by atoms with Gasteiger partial charge in [0.15, 0.2) is 11.5 Å². The zero-order valence-electron chi connectivity index (χ0n) is 12.7. The number of ether oxygens (including phenoxy) is 2. The molecule has 2 aromatic rings. The number of nitrogens with two attached hydrogens (primary N) is 1. The van der Waals surface area contributed by atoms with Gasteiger partial charge in [0.1, 0.15) is 6.04 Å². The molecule has 3 N–H and O–H groups in total. The van der Waals surface area contributed by atoms with Crippen molar-refractivity contribution in [2.45, 2.75) is 12.6 Å². The molecule has 1 amide bonds. The lowest BCUT2D eigenvalue weighted by Crippen LogP contribution is -2.33. The lowest BCUT2D eigenvalue weighted by molar-refractivity contribution is -0.122. The standard InChI is InChI=1S/C17H20N2O3/c1-21-14-9-8-12(10-15(14)22-2)11-19-17(20)16(18)13-6-4-3-5-7-13/h3-10,16H,11,18H2,1-2H3,(H,19,20)/t16-/m0/s1. The molecule has 116 valence electrons. The molecule has 0 heterocycles. The number of nitrogens with one attached hydrogen (secondary N) is 1. The number of carbonyl (C=O) groups is 1. The summed E-state index contributed by atoms with van der Waals surface area (Å²) in [6.45, 7) is 0.375. The Kier molecular flexibility index (Phi) is 5.38. The molecule has 22 heavy (non-hydrogen) atoms. The number of hydrogen-bond acceptors (Lipinski definition) is 4. The zero-order chi connectivity index (χ0) is 15.9. The molecule has 0 spiro atoms. The van der Waals surface area contributed by atoms with Crippen LogP contribution in [0.3, 0.4) is 0 Å². The van der Waals surface area contributed by atoms with Crippen LogP contribution in [-0.2, 0) is 11.3 Å². The SMILES string of the molecule is COc1ccc(CNC(=O)[C@@H](N)c2ccccc2)cc1OC. The van der Waals surface area contributed by atoms with Gasteiger partial charge in [-0.15, -0.1) is 0 Å². The lowest BCUT2D eigenvalue weighted by atomic mass is 10.1. The predicted molar refractivity (Wildman–Crippen MR) is 84.8 cm³/mol. The number of benzene rings is 2. The Morgan fingerprint density at radius 3 is 2.41 bits per heavy atom. The minimum Gasteiger partial charge on any atom is -0.493 e. The Hall–Kier alpha value is -2.53. The van der Waals surface area contributed by atoms with Gasteiger partial charge in [-0.2, -0.15) is 0 Å². The fraction of sp³-hybridized carbons (Fsp3) is 0.235. The molecule has 0 aromatic heterocycles. The maximum Gasteiger partial charge on any atom is 0.241 e. The molecule has 5 heteroatoms. The quantitative estimate of drug-likeness (QED) is 0.856. The average Bonchev–Trinajstić information content (AvgIpc) is 2.59. The Labute approximate surface area is 130 Å². The second-order valence-corrected chi connectivity index (χ2v) is 4.80. The summed E-state index contributed by atoms with van der Waals surface area (Å²) in [4.78, 5) is 12.1. The van der Waals surface area contributed by atoms with Gasteiger partial charge in [0.05, 0.1) is 14.2 Å². The minimum absolute atomic E-state index is 0.221. The molecule has 5 nitrogen and oxygen atoms in total. The van der Waals surface area contributed by atoms with Gasteiger partial charge in [-0.3, -0.25) is 4.79 Å². The van der Waals surface area contributed by atoms with Crippen LogP contribution in [0.15, 0.2) is 48.5 Å². The topological polar surface area (TPSA) is 73.6 Å². The van der Waals surface area contributed by atoms with E-state index >= 15 is 0 Å². The van der Waals surface area contributed by atoms with Crippen LogP contribution in [0.4, 0.5) is 0 Å². The first kappa shape index (κ1) is 15.9. The maximum absolute atomic E-state index is 12.1. The highest BCUT2D eigenvalue weighted by atomic mass is 16.5. The molecule has 2 aromatic carbocycles. The molecule has 0 aliphatic carbocycles. The summed E-state index contributed by atoms with van der Waals surface area (Å²) < 4.78 is 10.4. The van der Waals surface area contributed by atoms with E-state index in [-0.39, 0.29) is 5.91 Å². The highest BCUT2D eigenvalue weighted by molar-refractivity contribution is 5.82. The van der Waals surface area contributed by atoms with Crippen molar-refractivity contribution in [1.82, 2.24) is 5.32 Å². The molecule has 2 rings (SSSR count). The summed E-state index contributed by atoms with van der Waals surface area (Å²) in [5.41, 5.74) is 7.64. The van der Waals surface area contributed by atoms with Crippen molar-refractivity contribution in [3.8, 4) is 11.5 Å². The minimum atomic E-state index is -0.679. The number of hydrogen-bond donors (Lipinski definition) is 2. The normalized spacial score (nSPS) is 11.6. The summed E-state index contributed by atoms with van der Waals surface area (Å²) in [5, 5.41) is 2.83. The predicted octanol–water partition coefficient (Wildman–Crippen LogP) is 2.02. The molecule has 0 aliphatic rings. The van der Waals surface area contributed by atoms with Crippen LogP contribution in [0.25, 0.3) is 0 Å². The summed E-state index contributed by atoms with van der Waals surface area (Å²) in [6.07, 6.45) is 0. The smallest absolute Gasteiger partial charge is 0.241 e. The second kappa shape index (κ2) is 7.47. The van der Waals surface area contributed by atoms with E-state index in [1.807, 2.05) is 42.5 Å². The van der Waals surface area contributed by atoms with Crippen molar-refractivity contribution in [3.05, 3.63) is 59.7 Å². The van der Waals surface area contributed by atoms with Crippen molar-refractivity contribution in [3.63, 3.8) is 0 Å². The molecular formula is C17H20N2O3. The Bertz CT molecular complexity index is 629. The van der Waals surface area contributed by atoms with E-state index in [0.717, 1.165) is 11.1 Å². The van der Waals surface area contributed by atoms with Crippen molar-refractivity contribution in [2.24, 2.45) is 5.73 Å². The van der Waals surface area contributed by atoms with Gasteiger partial charge in [0, 0.05) is 6.54 Å². The Morgan fingerprint density at radius 2 is 1.77 bits per heavy atom. The Morgan fingerprint density at radius 1 is 1.09 bits per heavy atom. The number of methoxy groups -OCH3 is 2. The summed E-state index contributed by atoms with van der Waals surface area (Å²) in [7, 11) is 3.16. The molecule has 0 fully saturated rings. The third-order valence-corrected chi connectivity index (χ3v) is 3.36. The van der Waals surface area contributed by atoms with E-state index in [1.165, 1.54) is 0 Å². The van der Waals surface area contributed by atoms with Crippen molar-refractivity contribution in [2.75, 3.05) is 14.2 Å². The van der Waals surface area contributed by atoms with Crippen LogP contribution >= 0.6 is 0 Å². The van der Waals surface area contributed by atoms with Crippen molar-refractivity contribution < 1.29 is 14.3 Å². The third kappa shape index (κ3) is 3.77. The third-order valence-electron chi connectivity index (χ3n) is 3.36. The van der Waals surface area contributed by atoms with E-state index in [4.69, 9.17) is 15.2 Å². The fourth-order valence-electron chi connectivity index (χ4n) is 2.10. The summed E-state index contributed by atoms with van der Waals surface area (Å²) in [5.74, 6) is 1.06. The first-order valence-electron chi connectivity index (χ1n) is 6.95. The van der Waals surface area contributed by atoms with Crippen molar-refractivity contribution >= 4 is 5.91 Å². The van der Waals surface area contributed by atoms with Crippen LogP contribution in [0.5, 0.6) is 11.5 Å². The molecule has 0 unspecified atom stereocenters. The molecule has 0 radical (unpaired) electrons. The summed E-state index contributed by atoms with van der Waals surface area (Å²) >= 11 is 0. The van der Waals surface area contributed by atoms with E-state index < -0.39 is 6.04 Å². The molecule has 0 saturated heterocycles. The van der Waals surface area contributed by atoms with Crippen LogP contribution in [0, 0.1) is 0 Å². The fourth-order valence-corrected chi connectivity index (χ4v) is 2.10. The second-order valence-electron chi connectivity index (χ2n) is 4.80.